The van der Waals surface area contributed by atoms with E-state index in [4.69, 9.17) is 0 Å². The second-order valence-electron chi connectivity index (χ2n) is 3.40. The van der Waals surface area contributed by atoms with Crippen molar-refractivity contribution in [2.24, 2.45) is 0 Å². The van der Waals surface area contributed by atoms with Gasteiger partial charge in [0.2, 0.25) is 0 Å². The van der Waals surface area contributed by atoms with Crippen LogP contribution in [0.2, 0.25) is 0 Å². The van der Waals surface area contributed by atoms with Gasteiger partial charge in [0, 0.05) is 12.6 Å². The molecule has 72 valence electrons. The molecule has 0 saturated heterocycles. The summed E-state index contributed by atoms with van der Waals surface area (Å²) in [6.45, 7) is 4.00. The Kier molecular flexibility index (Phi) is 2.69. The van der Waals surface area contributed by atoms with E-state index in [1.807, 2.05) is 6.20 Å². The molecule has 0 atom stereocenters. The molecule has 0 spiro atoms. The van der Waals surface area contributed by atoms with E-state index in [9.17, 15) is 0 Å². The van der Waals surface area contributed by atoms with Crippen LogP contribution >= 0.6 is 15.9 Å². The maximum atomic E-state index is 4.34. The van der Waals surface area contributed by atoms with Crippen molar-refractivity contribution in [3.8, 4) is 0 Å². The highest BCUT2D eigenvalue weighted by Gasteiger charge is 2.20. The van der Waals surface area contributed by atoms with Crippen LogP contribution in [0.25, 0.3) is 0 Å². The highest BCUT2D eigenvalue weighted by molar-refractivity contribution is 9.10. The number of nitrogens with one attached hydrogen (secondary N) is 1. The Morgan fingerprint density at radius 3 is 3.08 bits per heavy atom. The van der Waals surface area contributed by atoms with E-state index in [1.54, 1.807) is 0 Å². The van der Waals surface area contributed by atoms with Gasteiger partial charge in [-0.15, -0.1) is 0 Å². The number of hydrogen-bond acceptors (Lipinski definition) is 2. The Morgan fingerprint density at radius 1 is 1.69 bits per heavy atom. The Bertz CT molecular complexity index is 291. The average molecular weight is 244 g/mol. The fourth-order valence-electron chi connectivity index (χ4n) is 1.39. The van der Waals surface area contributed by atoms with Crippen LogP contribution in [0.1, 0.15) is 25.6 Å². The first-order valence-corrected chi connectivity index (χ1v) is 5.54. The smallest absolute Gasteiger partial charge is 0.123 e. The summed E-state index contributed by atoms with van der Waals surface area (Å²) >= 11 is 3.47. The third kappa shape index (κ3) is 2.11. The molecule has 1 saturated carbocycles. The largest absolute Gasteiger partial charge is 0.322 e. The third-order valence-corrected chi connectivity index (χ3v) is 2.96. The molecule has 1 N–H and O–H groups in total. The van der Waals surface area contributed by atoms with E-state index in [2.05, 4.69) is 37.7 Å². The van der Waals surface area contributed by atoms with Crippen molar-refractivity contribution in [3.05, 3.63) is 16.6 Å². The van der Waals surface area contributed by atoms with E-state index in [0.717, 1.165) is 29.6 Å². The monoisotopic (exact) mass is 243 g/mol. The van der Waals surface area contributed by atoms with E-state index in [0.29, 0.717) is 0 Å². The maximum absolute atomic E-state index is 4.34. The molecule has 1 fully saturated rings. The van der Waals surface area contributed by atoms with Crippen LogP contribution in [0.15, 0.2) is 10.8 Å². The number of aromatic nitrogens is 2. The van der Waals surface area contributed by atoms with E-state index in [1.165, 1.54) is 12.8 Å². The number of nitrogens with zero attached hydrogens (tertiary/aromatic N) is 2. The standard InChI is InChI=1S/C9H14BrN3/c1-2-13-8(10)5-12-9(13)6-11-7-3-4-7/h5,7,11H,2-4,6H2,1H3. The van der Waals surface area contributed by atoms with Crippen molar-refractivity contribution in [1.29, 1.82) is 0 Å². The van der Waals surface area contributed by atoms with Gasteiger partial charge in [0.15, 0.2) is 0 Å². The molecule has 2 rings (SSSR count). The quantitative estimate of drug-likeness (QED) is 0.876. The van der Waals surface area contributed by atoms with Gasteiger partial charge < -0.3 is 9.88 Å². The predicted molar refractivity (Wildman–Crippen MR) is 55.5 cm³/mol. The molecule has 1 aromatic rings. The summed E-state index contributed by atoms with van der Waals surface area (Å²) < 4.78 is 3.25. The Hall–Kier alpha value is -0.350. The Morgan fingerprint density at radius 2 is 2.46 bits per heavy atom. The molecule has 0 amide bonds. The SMILES string of the molecule is CCn1c(Br)cnc1CNC1CC1. The van der Waals surface area contributed by atoms with Crippen LogP contribution in [0.4, 0.5) is 0 Å². The van der Waals surface area contributed by atoms with Crippen molar-refractivity contribution >= 4 is 15.9 Å². The van der Waals surface area contributed by atoms with Crippen molar-refractivity contribution in [2.45, 2.75) is 38.9 Å². The van der Waals surface area contributed by atoms with Crippen LogP contribution < -0.4 is 5.32 Å². The number of hydrogen-bond donors (Lipinski definition) is 1. The molecule has 0 unspecified atom stereocenters. The summed E-state index contributed by atoms with van der Waals surface area (Å²) in [5.41, 5.74) is 0. The molecule has 0 aromatic carbocycles. The molecule has 0 aliphatic heterocycles. The molecule has 13 heavy (non-hydrogen) atoms. The van der Waals surface area contributed by atoms with Crippen LogP contribution in [-0.4, -0.2) is 15.6 Å². The molecule has 0 radical (unpaired) electrons. The Labute approximate surface area is 86.7 Å². The first kappa shape index (κ1) is 9.21. The molecule has 1 aromatic heterocycles. The van der Waals surface area contributed by atoms with Crippen LogP contribution in [0, 0.1) is 0 Å². The zero-order valence-corrected chi connectivity index (χ0v) is 9.34. The van der Waals surface area contributed by atoms with Crippen molar-refractivity contribution in [1.82, 2.24) is 14.9 Å². The van der Waals surface area contributed by atoms with Gasteiger partial charge in [-0.25, -0.2) is 4.98 Å². The minimum atomic E-state index is 0.751. The minimum absolute atomic E-state index is 0.751. The van der Waals surface area contributed by atoms with Crippen molar-refractivity contribution in [3.63, 3.8) is 0 Å². The summed E-state index contributed by atoms with van der Waals surface area (Å²) in [5, 5.41) is 3.46. The first-order chi connectivity index (χ1) is 6.31. The van der Waals surface area contributed by atoms with Gasteiger partial charge in [0.25, 0.3) is 0 Å². The average Bonchev–Trinajstić information content (AvgIpc) is 2.88. The van der Waals surface area contributed by atoms with Gasteiger partial charge in [-0.3, -0.25) is 0 Å². The van der Waals surface area contributed by atoms with Gasteiger partial charge in [-0.05, 0) is 35.7 Å². The highest BCUT2D eigenvalue weighted by Crippen LogP contribution is 2.19. The number of rotatable bonds is 4. The molecule has 0 bridgehead atoms. The van der Waals surface area contributed by atoms with E-state index >= 15 is 0 Å². The lowest BCUT2D eigenvalue weighted by molar-refractivity contribution is 0.605. The second-order valence-corrected chi connectivity index (χ2v) is 4.21. The molecule has 4 heteroatoms. The summed E-state index contributed by atoms with van der Waals surface area (Å²) in [6, 6.07) is 0.751. The maximum Gasteiger partial charge on any atom is 0.123 e. The van der Waals surface area contributed by atoms with Crippen molar-refractivity contribution < 1.29 is 0 Å². The summed E-state index contributed by atoms with van der Waals surface area (Å²) in [4.78, 5) is 4.34. The zero-order valence-electron chi connectivity index (χ0n) is 7.76. The lowest BCUT2D eigenvalue weighted by Crippen LogP contribution is -2.18. The minimum Gasteiger partial charge on any atom is -0.322 e. The zero-order chi connectivity index (χ0) is 9.26. The fourth-order valence-corrected chi connectivity index (χ4v) is 1.95. The van der Waals surface area contributed by atoms with Gasteiger partial charge in [-0.1, -0.05) is 0 Å². The van der Waals surface area contributed by atoms with Gasteiger partial charge in [0.1, 0.15) is 10.4 Å². The van der Waals surface area contributed by atoms with Crippen molar-refractivity contribution in [2.75, 3.05) is 0 Å². The summed E-state index contributed by atoms with van der Waals surface area (Å²) in [7, 11) is 0. The fraction of sp³-hybridized carbons (Fsp3) is 0.667. The Balaban J connectivity index is 2.00. The summed E-state index contributed by atoms with van der Waals surface area (Å²) in [6.07, 6.45) is 4.52. The van der Waals surface area contributed by atoms with Gasteiger partial charge in [-0.2, -0.15) is 0 Å². The van der Waals surface area contributed by atoms with Crippen LogP contribution in [0.5, 0.6) is 0 Å². The molecular weight excluding hydrogens is 230 g/mol. The predicted octanol–water partition coefficient (Wildman–Crippen LogP) is 1.92. The lowest BCUT2D eigenvalue weighted by Gasteiger charge is -2.06. The normalized spacial score (nSPS) is 16.5. The molecule has 3 nitrogen and oxygen atoms in total. The third-order valence-electron chi connectivity index (χ3n) is 2.33. The van der Waals surface area contributed by atoms with Crippen LogP contribution in [-0.2, 0) is 13.1 Å². The van der Waals surface area contributed by atoms with Gasteiger partial charge in [0.05, 0.1) is 12.7 Å². The highest BCUT2D eigenvalue weighted by atomic mass is 79.9. The first-order valence-electron chi connectivity index (χ1n) is 4.74. The summed E-state index contributed by atoms with van der Waals surface area (Å²) in [5.74, 6) is 1.13. The van der Waals surface area contributed by atoms with E-state index in [-0.39, 0.29) is 0 Å². The van der Waals surface area contributed by atoms with E-state index < -0.39 is 0 Å². The lowest BCUT2D eigenvalue weighted by atomic mass is 10.5. The van der Waals surface area contributed by atoms with Gasteiger partial charge >= 0.3 is 0 Å². The molecule has 1 heterocycles. The van der Waals surface area contributed by atoms with Crippen LogP contribution in [0.3, 0.4) is 0 Å². The number of imidazole rings is 1. The second kappa shape index (κ2) is 3.80. The molecule has 1 aliphatic rings. The number of halogens is 1. The topological polar surface area (TPSA) is 29.9 Å². The molecule has 1 aliphatic carbocycles. The molecular formula is C9H14BrN3.